The number of carbonyl (C=O) groups excluding carboxylic acids is 3. The summed E-state index contributed by atoms with van der Waals surface area (Å²) < 4.78 is 5.15. The smallest absolute Gasteiger partial charge is 0.329 e. The number of amides is 1. The zero-order chi connectivity index (χ0) is 13.9. The normalized spacial score (nSPS) is 19.2. The topological polar surface area (TPSA) is 72.9 Å². The zero-order valence-corrected chi connectivity index (χ0v) is 11.2. The molecule has 0 aromatic rings. The standard InChI is InChI=1S/C12H19NO5/c1-8(14)18-13-9(7-10(13)15)5-6-11(16)17-12(2,3)4/h9H,5-7H2,1-4H3/t9-/m1/s1. The maximum atomic E-state index is 11.5. The van der Waals surface area contributed by atoms with Gasteiger partial charge in [-0.05, 0) is 27.2 Å². The van der Waals surface area contributed by atoms with E-state index < -0.39 is 11.6 Å². The molecule has 1 amide bonds. The lowest BCUT2D eigenvalue weighted by atomic mass is 10.00. The number of hydrogen-bond acceptors (Lipinski definition) is 5. The van der Waals surface area contributed by atoms with Gasteiger partial charge in [-0.3, -0.25) is 14.4 Å². The van der Waals surface area contributed by atoms with Gasteiger partial charge in [0.15, 0.2) is 0 Å². The third-order valence-corrected chi connectivity index (χ3v) is 2.32. The highest BCUT2D eigenvalue weighted by molar-refractivity contribution is 5.83. The first-order valence-electron chi connectivity index (χ1n) is 5.91. The Hall–Kier alpha value is -1.59. The monoisotopic (exact) mass is 257 g/mol. The van der Waals surface area contributed by atoms with Gasteiger partial charge in [0.1, 0.15) is 5.60 Å². The average molecular weight is 257 g/mol. The molecule has 18 heavy (non-hydrogen) atoms. The molecule has 6 nitrogen and oxygen atoms in total. The Labute approximate surface area is 106 Å². The zero-order valence-electron chi connectivity index (χ0n) is 11.2. The first kappa shape index (κ1) is 14.5. The van der Waals surface area contributed by atoms with Gasteiger partial charge in [0.05, 0.1) is 12.5 Å². The molecule has 0 aromatic carbocycles. The number of hydroxylamine groups is 2. The van der Waals surface area contributed by atoms with E-state index >= 15 is 0 Å². The summed E-state index contributed by atoms with van der Waals surface area (Å²) in [4.78, 5) is 38.2. The SMILES string of the molecule is CC(=O)ON1C(=O)C[C@H]1CCC(=O)OC(C)(C)C. The molecule has 1 aliphatic heterocycles. The van der Waals surface area contributed by atoms with Crippen LogP contribution in [-0.2, 0) is 24.0 Å². The van der Waals surface area contributed by atoms with E-state index in [4.69, 9.17) is 9.57 Å². The van der Waals surface area contributed by atoms with Gasteiger partial charge < -0.3 is 9.57 Å². The van der Waals surface area contributed by atoms with Crippen LogP contribution in [0.5, 0.6) is 0 Å². The summed E-state index contributed by atoms with van der Waals surface area (Å²) in [5.41, 5.74) is -0.512. The van der Waals surface area contributed by atoms with Crippen LogP contribution >= 0.6 is 0 Å². The minimum Gasteiger partial charge on any atom is -0.460 e. The fraction of sp³-hybridized carbons (Fsp3) is 0.750. The molecule has 102 valence electrons. The van der Waals surface area contributed by atoms with E-state index in [1.54, 1.807) is 20.8 Å². The van der Waals surface area contributed by atoms with Crippen molar-refractivity contribution in [1.29, 1.82) is 0 Å². The molecule has 0 aliphatic carbocycles. The van der Waals surface area contributed by atoms with Crippen LogP contribution in [0.2, 0.25) is 0 Å². The fourth-order valence-electron chi connectivity index (χ4n) is 1.63. The predicted octanol–water partition coefficient (Wildman–Crippen LogP) is 1.19. The summed E-state index contributed by atoms with van der Waals surface area (Å²) in [5, 5.41) is 1.03. The molecule has 0 spiro atoms. The van der Waals surface area contributed by atoms with Gasteiger partial charge >= 0.3 is 11.9 Å². The summed E-state index contributed by atoms with van der Waals surface area (Å²) >= 11 is 0. The molecule has 1 saturated heterocycles. The molecule has 1 heterocycles. The number of nitrogens with zero attached hydrogens (tertiary/aromatic N) is 1. The van der Waals surface area contributed by atoms with Crippen molar-refractivity contribution in [2.45, 2.75) is 58.6 Å². The van der Waals surface area contributed by atoms with Crippen LogP contribution in [0, 0.1) is 0 Å². The quantitative estimate of drug-likeness (QED) is 0.558. The molecular weight excluding hydrogens is 238 g/mol. The maximum absolute atomic E-state index is 11.5. The van der Waals surface area contributed by atoms with Crippen LogP contribution in [0.4, 0.5) is 0 Å². The van der Waals surface area contributed by atoms with E-state index in [0.29, 0.717) is 12.8 Å². The van der Waals surface area contributed by atoms with Gasteiger partial charge in [0, 0.05) is 13.3 Å². The number of rotatable bonds is 4. The Morgan fingerprint density at radius 3 is 2.44 bits per heavy atom. The van der Waals surface area contributed by atoms with Crippen LogP contribution in [0.1, 0.15) is 47.0 Å². The van der Waals surface area contributed by atoms with Crippen molar-refractivity contribution < 1.29 is 24.0 Å². The predicted molar refractivity (Wildman–Crippen MR) is 62.1 cm³/mol. The highest BCUT2D eigenvalue weighted by Gasteiger charge is 2.39. The van der Waals surface area contributed by atoms with Crippen LogP contribution in [-0.4, -0.2) is 34.6 Å². The molecule has 6 heteroatoms. The van der Waals surface area contributed by atoms with Crippen molar-refractivity contribution in [3.8, 4) is 0 Å². The Kier molecular flexibility index (Phi) is 4.32. The third-order valence-electron chi connectivity index (χ3n) is 2.32. The molecule has 1 rings (SSSR count). The van der Waals surface area contributed by atoms with E-state index in [0.717, 1.165) is 5.06 Å². The lowest BCUT2D eigenvalue weighted by molar-refractivity contribution is -0.226. The summed E-state index contributed by atoms with van der Waals surface area (Å²) in [7, 11) is 0. The van der Waals surface area contributed by atoms with Crippen molar-refractivity contribution in [3.63, 3.8) is 0 Å². The van der Waals surface area contributed by atoms with Crippen molar-refractivity contribution in [3.05, 3.63) is 0 Å². The first-order chi connectivity index (χ1) is 8.19. The van der Waals surface area contributed by atoms with Crippen molar-refractivity contribution in [2.75, 3.05) is 0 Å². The largest absolute Gasteiger partial charge is 0.460 e. The summed E-state index contributed by atoms with van der Waals surface area (Å²) in [6.45, 7) is 6.62. The van der Waals surface area contributed by atoms with Gasteiger partial charge in [-0.1, -0.05) is 0 Å². The van der Waals surface area contributed by atoms with E-state index in [2.05, 4.69) is 0 Å². The van der Waals surface area contributed by atoms with Gasteiger partial charge in [0.25, 0.3) is 5.91 Å². The van der Waals surface area contributed by atoms with Crippen molar-refractivity contribution in [2.24, 2.45) is 0 Å². The summed E-state index contributed by atoms with van der Waals surface area (Å²) in [5.74, 6) is -1.09. The van der Waals surface area contributed by atoms with Crippen LogP contribution in [0.15, 0.2) is 0 Å². The Bertz CT molecular complexity index is 358. The van der Waals surface area contributed by atoms with E-state index in [9.17, 15) is 14.4 Å². The highest BCUT2D eigenvalue weighted by atomic mass is 16.7. The molecule has 0 aromatic heterocycles. The Morgan fingerprint density at radius 2 is 2.00 bits per heavy atom. The summed E-state index contributed by atoms with van der Waals surface area (Å²) in [6.07, 6.45) is 0.941. The van der Waals surface area contributed by atoms with E-state index in [-0.39, 0.29) is 24.3 Å². The molecule has 0 radical (unpaired) electrons. The second-order valence-corrected chi connectivity index (χ2v) is 5.29. The molecule has 0 unspecified atom stereocenters. The number of carbonyl (C=O) groups is 3. The lowest BCUT2D eigenvalue weighted by Gasteiger charge is -2.37. The minimum atomic E-state index is -0.537. The number of ether oxygens (including phenoxy) is 1. The molecule has 1 fully saturated rings. The summed E-state index contributed by atoms with van der Waals surface area (Å²) in [6, 6.07) is -0.214. The fourth-order valence-corrected chi connectivity index (χ4v) is 1.63. The second kappa shape index (κ2) is 5.37. The van der Waals surface area contributed by atoms with Gasteiger partial charge in [0.2, 0.25) is 0 Å². The number of β-lactam (4-membered cyclic amide) rings is 1. The van der Waals surface area contributed by atoms with Crippen molar-refractivity contribution in [1.82, 2.24) is 5.06 Å². The lowest BCUT2D eigenvalue weighted by Crippen LogP contribution is -2.53. The van der Waals surface area contributed by atoms with E-state index in [1.165, 1.54) is 6.92 Å². The molecule has 1 aliphatic rings. The highest BCUT2D eigenvalue weighted by Crippen LogP contribution is 2.24. The minimum absolute atomic E-state index is 0.201. The average Bonchev–Trinajstić information content (AvgIpc) is 2.18. The molecule has 1 atom stereocenters. The van der Waals surface area contributed by atoms with Crippen molar-refractivity contribution >= 4 is 17.8 Å². The third kappa shape index (κ3) is 4.35. The maximum Gasteiger partial charge on any atom is 0.329 e. The number of esters is 1. The van der Waals surface area contributed by atoms with Crippen LogP contribution in [0.3, 0.4) is 0 Å². The van der Waals surface area contributed by atoms with Crippen LogP contribution in [0.25, 0.3) is 0 Å². The van der Waals surface area contributed by atoms with E-state index in [1.807, 2.05) is 0 Å². The molecule has 0 N–H and O–H groups in total. The van der Waals surface area contributed by atoms with Gasteiger partial charge in [-0.15, -0.1) is 0 Å². The molecular formula is C12H19NO5. The second-order valence-electron chi connectivity index (χ2n) is 5.29. The first-order valence-corrected chi connectivity index (χ1v) is 5.91. The Balaban J connectivity index is 2.34. The van der Waals surface area contributed by atoms with Crippen LogP contribution < -0.4 is 0 Å². The number of hydrogen-bond donors (Lipinski definition) is 0. The van der Waals surface area contributed by atoms with Gasteiger partial charge in [-0.2, -0.15) is 5.06 Å². The Morgan fingerprint density at radius 1 is 1.39 bits per heavy atom. The molecule has 0 bridgehead atoms. The van der Waals surface area contributed by atoms with Gasteiger partial charge in [-0.25, -0.2) is 0 Å². The molecule has 0 saturated carbocycles.